The molecule has 0 spiro atoms. The fourth-order valence-electron chi connectivity index (χ4n) is 2.07. The van der Waals surface area contributed by atoms with Crippen LogP contribution in [0.25, 0.3) is 0 Å². The molecule has 2 aromatic heterocycles. The summed E-state index contributed by atoms with van der Waals surface area (Å²) < 4.78 is 30.5. The average Bonchev–Trinajstić information content (AvgIpc) is 3.06. The van der Waals surface area contributed by atoms with Crippen LogP contribution < -0.4 is 14.9 Å². The summed E-state index contributed by atoms with van der Waals surface area (Å²) in [5.41, 5.74) is -0.504. The van der Waals surface area contributed by atoms with Crippen molar-refractivity contribution in [3.8, 4) is 11.5 Å². The van der Waals surface area contributed by atoms with E-state index in [-0.39, 0.29) is 11.5 Å². The molecule has 9 heteroatoms. The van der Waals surface area contributed by atoms with Gasteiger partial charge in [-0.05, 0) is 12.1 Å². The standard InChI is InChI=1S/C18H15FN2O5S/c1-21-7-6-20-18(21)27-11-12-8-14(22)16(9-24-12)26-17(23)10-25-15-5-3-2-4-13(15)19/h2-9H,10-11H2,1H3. The molecule has 0 radical (unpaired) electrons. The van der Waals surface area contributed by atoms with E-state index in [9.17, 15) is 14.0 Å². The molecule has 0 aliphatic heterocycles. The average molecular weight is 390 g/mol. The lowest BCUT2D eigenvalue weighted by molar-refractivity contribution is -0.136. The number of halogens is 1. The second-order valence-electron chi connectivity index (χ2n) is 5.38. The third kappa shape index (κ3) is 4.98. The Labute approximate surface area is 157 Å². The lowest BCUT2D eigenvalue weighted by atomic mass is 10.3. The number of hydrogen-bond acceptors (Lipinski definition) is 7. The summed E-state index contributed by atoms with van der Waals surface area (Å²) >= 11 is 1.40. The van der Waals surface area contributed by atoms with E-state index in [0.29, 0.717) is 11.5 Å². The number of imidazole rings is 1. The molecule has 0 N–H and O–H groups in total. The van der Waals surface area contributed by atoms with Gasteiger partial charge < -0.3 is 18.5 Å². The van der Waals surface area contributed by atoms with Gasteiger partial charge in [-0.1, -0.05) is 23.9 Å². The van der Waals surface area contributed by atoms with Crippen LogP contribution in [0, 0.1) is 5.82 Å². The molecule has 0 bridgehead atoms. The van der Waals surface area contributed by atoms with Gasteiger partial charge in [0.25, 0.3) is 0 Å². The van der Waals surface area contributed by atoms with Crippen LogP contribution in [0.1, 0.15) is 5.76 Å². The first-order valence-corrected chi connectivity index (χ1v) is 8.81. The van der Waals surface area contributed by atoms with Gasteiger partial charge in [-0.2, -0.15) is 0 Å². The topological polar surface area (TPSA) is 83.6 Å². The number of aromatic nitrogens is 2. The molecule has 3 aromatic rings. The van der Waals surface area contributed by atoms with Crippen molar-refractivity contribution in [1.82, 2.24) is 9.55 Å². The molecule has 0 saturated carbocycles. The maximum absolute atomic E-state index is 13.4. The molecule has 0 amide bonds. The Bertz CT molecular complexity index is 1000. The van der Waals surface area contributed by atoms with Crippen molar-refractivity contribution in [3.63, 3.8) is 0 Å². The van der Waals surface area contributed by atoms with Crippen LogP contribution in [0.4, 0.5) is 4.39 Å². The highest BCUT2D eigenvalue weighted by Crippen LogP contribution is 2.20. The molecule has 0 atom stereocenters. The number of para-hydroxylation sites is 1. The Morgan fingerprint density at radius 3 is 2.85 bits per heavy atom. The number of thioether (sulfide) groups is 1. The van der Waals surface area contributed by atoms with Crippen molar-refractivity contribution in [1.29, 1.82) is 0 Å². The number of esters is 1. The van der Waals surface area contributed by atoms with E-state index in [1.54, 1.807) is 12.3 Å². The molecular weight excluding hydrogens is 375 g/mol. The van der Waals surface area contributed by atoms with E-state index in [1.165, 1.54) is 36.0 Å². The molecule has 0 saturated heterocycles. The van der Waals surface area contributed by atoms with Crippen LogP contribution in [0.5, 0.6) is 11.5 Å². The van der Waals surface area contributed by atoms with Crippen molar-refractivity contribution in [3.05, 3.63) is 70.8 Å². The quantitative estimate of drug-likeness (QED) is 0.453. The number of aryl methyl sites for hydroxylation is 1. The molecule has 0 aliphatic carbocycles. The Balaban J connectivity index is 1.55. The zero-order valence-electron chi connectivity index (χ0n) is 14.3. The van der Waals surface area contributed by atoms with E-state index in [1.807, 2.05) is 17.8 Å². The SMILES string of the molecule is Cn1ccnc1SCc1cc(=O)c(OC(=O)COc2ccccc2F)co1. The van der Waals surface area contributed by atoms with E-state index in [0.717, 1.165) is 11.4 Å². The maximum Gasteiger partial charge on any atom is 0.349 e. The molecule has 0 unspecified atom stereocenters. The largest absolute Gasteiger partial charge is 0.479 e. The number of carbonyl (C=O) groups is 1. The van der Waals surface area contributed by atoms with Crippen LogP contribution in [-0.4, -0.2) is 22.1 Å². The minimum absolute atomic E-state index is 0.0804. The van der Waals surface area contributed by atoms with Gasteiger partial charge in [0.1, 0.15) is 12.0 Å². The van der Waals surface area contributed by atoms with Crippen molar-refractivity contribution >= 4 is 17.7 Å². The summed E-state index contributed by atoms with van der Waals surface area (Å²) in [6, 6.07) is 6.90. The lowest BCUT2D eigenvalue weighted by Crippen LogP contribution is -2.21. The van der Waals surface area contributed by atoms with Gasteiger partial charge in [0, 0.05) is 25.5 Å². The third-order valence-corrected chi connectivity index (χ3v) is 4.46. The minimum Gasteiger partial charge on any atom is -0.479 e. The lowest BCUT2D eigenvalue weighted by Gasteiger charge is -2.07. The second-order valence-corrected chi connectivity index (χ2v) is 6.32. The van der Waals surface area contributed by atoms with Crippen LogP contribution in [0.15, 0.2) is 63.4 Å². The molecule has 140 valence electrons. The van der Waals surface area contributed by atoms with Crippen LogP contribution in [-0.2, 0) is 17.6 Å². The second kappa shape index (κ2) is 8.54. The Kier molecular flexibility index (Phi) is 5.92. The summed E-state index contributed by atoms with van der Waals surface area (Å²) in [6.07, 6.45) is 4.55. The van der Waals surface area contributed by atoms with Gasteiger partial charge in [0.15, 0.2) is 23.3 Å². The van der Waals surface area contributed by atoms with Crippen molar-refractivity contribution in [2.75, 3.05) is 6.61 Å². The minimum atomic E-state index is -0.847. The summed E-state index contributed by atoms with van der Waals surface area (Å²) in [5.74, 6) is -0.980. The van der Waals surface area contributed by atoms with Crippen LogP contribution in [0.2, 0.25) is 0 Å². The number of rotatable bonds is 7. The van der Waals surface area contributed by atoms with Crippen LogP contribution >= 0.6 is 11.8 Å². The smallest absolute Gasteiger partial charge is 0.349 e. The molecule has 3 rings (SSSR count). The monoisotopic (exact) mass is 390 g/mol. The summed E-state index contributed by atoms with van der Waals surface area (Å²) in [6.45, 7) is -0.545. The van der Waals surface area contributed by atoms with Gasteiger partial charge in [-0.3, -0.25) is 4.79 Å². The Morgan fingerprint density at radius 2 is 2.15 bits per heavy atom. The van der Waals surface area contributed by atoms with Crippen molar-refractivity contribution in [2.24, 2.45) is 7.05 Å². The first-order valence-electron chi connectivity index (χ1n) is 7.83. The molecule has 27 heavy (non-hydrogen) atoms. The number of nitrogens with zero attached hydrogens (tertiary/aromatic N) is 2. The predicted octanol–water partition coefficient (Wildman–Crippen LogP) is 2.79. The molecule has 0 aliphatic rings. The van der Waals surface area contributed by atoms with Gasteiger partial charge in [-0.25, -0.2) is 14.2 Å². The maximum atomic E-state index is 13.4. The zero-order chi connectivity index (χ0) is 19.2. The van der Waals surface area contributed by atoms with E-state index in [2.05, 4.69) is 4.98 Å². The molecule has 2 heterocycles. The van der Waals surface area contributed by atoms with Crippen molar-refractivity contribution < 1.29 is 23.1 Å². The van der Waals surface area contributed by atoms with E-state index in [4.69, 9.17) is 13.9 Å². The summed E-state index contributed by atoms with van der Waals surface area (Å²) in [5, 5.41) is 0.776. The fraction of sp³-hybridized carbons (Fsp3) is 0.167. The highest BCUT2D eigenvalue weighted by Gasteiger charge is 2.13. The fourth-order valence-corrected chi connectivity index (χ4v) is 2.89. The predicted molar refractivity (Wildman–Crippen MR) is 95.3 cm³/mol. The van der Waals surface area contributed by atoms with E-state index < -0.39 is 23.8 Å². The number of benzene rings is 1. The zero-order valence-corrected chi connectivity index (χ0v) is 15.1. The first kappa shape index (κ1) is 18.7. The van der Waals surface area contributed by atoms with Crippen LogP contribution in [0.3, 0.4) is 0 Å². The van der Waals surface area contributed by atoms with Gasteiger partial charge >= 0.3 is 5.97 Å². The molecule has 0 fully saturated rings. The van der Waals surface area contributed by atoms with Gasteiger partial charge in [0.05, 0.1) is 5.75 Å². The highest BCUT2D eigenvalue weighted by molar-refractivity contribution is 7.98. The Hall–Kier alpha value is -3.07. The normalized spacial score (nSPS) is 10.6. The first-order chi connectivity index (χ1) is 13.0. The highest BCUT2D eigenvalue weighted by atomic mass is 32.2. The molecule has 1 aromatic carbocycles. The van der Waals surface area contributed by atoms with Gasteiger partial charge in [0.2, 0.25) is 11.2 Å². The number of carbonyl (C=O) groups excluding carboxylic acids is 1. The Morgan fingerprint density at radius 1 is 1.33 bits per heavy atom. The summed E-state index contributed by atoms with van der Waals surface area (Å²) in [7, 11) is 1.86. The third-order valence-electron chi connectivity index (χ3n) is 3.38. The van der Waals surface area contributed by atoms with E-state index >= 15 is 0 Å². The molecular formula is C18H15FN2O5S. The number of ether oxygens (including phenoxy) is 2. The number of hydrogen-bond donors (Lipinski definition) is 0. The molecule has 7 nitrogen and oxygen atoms in total. The summed E-state index contributed by atoms with van der Waals surface area (Å²) in [4.78, 5) is 28.0. The van der Waals surface area contributed by atoms with Crippen molar-refractivity contribution in [2.45, 2.75) is 10.9 Å². The van der Waals surface area contributed by atoms with Gasteiger partial charge in [-0.15, -0.1) is 0 Å².